The van der Waals surface area contributed by atoms with E-state index in [4.69, 9.17) is 5.11 Å². The number of sulfonamides is 1. The molecule has 0 unspecified atom stereocenters. The molecule has 0 spiro atoms. The molecule has 0 amide bonds. The van der Waals surface area contributed by atoms with Crippen molar-refractivity contribution in [1.82, 2.24) is 9.29 Å². The van der Waals surface area contributed by atoms with Gasteiger partial charge in [-0.3, -0.25) is 9.59 Å². The third-order valence-corrected chi connectivity index (χ3v) is 4.03. The summed E-state index contributed by atoms with van der Waals surface area (Å²) in [5.74, 6) is -1.96. The van der Waals surface area contributed by atoms with Crippen LogP contribution in [0.3, 0.4) is 0 Å². The molecule has 0 fully saturated rings. The van der Waals surface area contributed by atoms with E-state index in [0.717, 1.165) is 0 Å². The van der Waals surface area contributed by atoms with Crippen molar-refractivity contribution in [3.8, 4) is 0 Å². The Morgan fingerprint density at radius 1 is 1.50 bits per heavy atom. The van der Waals surface area contributed by atoms with Gasteiger partial charge in [-0.2, -0.15) is 4.72 Å². The summed E-state index contributed by atoms with van der Waals surface area (Å²) in [7, 11) is -1.13. The van der Waals surface area contributed by atoms with Crippen molar-refractivity contribution in [2.75, 3.05) is 7.11 Å². The van der Waals surface area contributed by atoms with Crippen molar-refractivity contribution >= 4 is 22.0 Å². The number of carbonyl (C=O) groups excluding carboxylic acids is 1. The zero-order chi connectivity index (χ0) is 15.3. The Bertz CT molecular complexity index is 592. The SMILES string of the molecule is COC(=O)CC[C@H](NS(=O)(=O)c1ccn(C)c1)C(=O)O. The molecule has 0 saturated heterocycles. The number of rotatable bonds is 7. The second kappa shape index (κ2) is 6.53. The normalized spacial score (nSPS) is 12.9. The van der Waals surface area contributed by atoms with Gasteiger partial charge in [0.2, 0.25) is 10.0 Å². The number of carbonyl (C=O) groups is 2. The fourth-order valence-corrected chi connectivity index (χ4v) is 2.76. The highest BCUT2D eigenvalue weighted by molar-refractivity contribution is 7.89. The molecule has 1 aromatic heterocycles. The first-order chi connectivity index (χ1) is 9.26. The number of carboxylic acids is 1. The van der Waals surface area contributed by atoms with E-state index >= 15 is 0 Å². The molecule has 2 N–H and O–H groups in total. The molecule has 0 aliphatic carbocycles. The van der Waals surface area contributed by atoms with Crippen LogP contribution in [-0.4, -0.2) is 43.2 Å². The number of hydrogen-bond acceptors (Lipinski definition) is 5. The van der Waals surface area contributed by atoms with E-state index in [0.29, 0.717) is 0 Å². The quantitative estimate of drug-likeness (QED) is 0.669. The second-order valence-electron chi connectivity index (χ2n) is 4.14. The number of hydrogen-bond donors (Lipinski definition) is 2. The average Bonchev–Trinajstić information content (AvgIpc) is 2.81. The molecule has 112 valence electrons. The predicted molar refractivity (Wildman–Crippen MR) is 68.4 cm³/mol. The zero-order valence-electron chi connectivity index (χ0n) is 11.1. The largest absolute Gasteiger partial charge is 0.480 e. The summed E-state index contributed by atoms with van der Waals surface area (Å²) in [4.78, 5) is 22.0. The van der Waals surface area contributed by atoms with Gasteiger partial charge in [-0.25, -0.2) is 8.42 Å². The van der Waals surface area contributed by atoms with Crippen LogP contribution in [0.25, 0.3) is 0 Å². The molecule has 0 aromatic carbocycles. The number of esters is 1. The van der Waals surface area contributed by atoms with Crippen molar-refractivity contribution in [2.45, 2.75) is 23.8 Å². The van der Waals surface area contributed by atoms with Crippen LogP contribution in [0.2, 0.25) is 0 Å². The number of methoxy groups -OCH3 is 1. The van der Waals surface area contributed by atoms with Crippen LogP contribution in [0, 0.1) is 0 Å². The zero-order valence-corrected chi connectivity index (χ0v) is 11.9. The summed E-state index contributed by atoms with van der Waals surface area (Å²) in [5, 5.41) is 8.99. The Morgan fingerprint density at radius 3 is 2.60 bits per heavy atom. The highest BCUT2D eigenvalue weighted by Crippen LogP contribution is 2.11. The minimum Gasteiger partial charge on any atom is -0.480 e. The standard InChI is InChI=1S/C11H16N2O6S/c1-13-6-5-8(7-13)20(17,18)12-9(11(15)16)3-4-10(14)19-2/h5-7,9,12H,3-4H2,1-2H3,(H,15,16)/t9-/m0/s1. The van der Waals surface area contributed by atoms with Gasteiger partial charge < -0.3 is 14.4 Å². The first-order valence-corrected chi connectivity index (χ1v) is 7.18. The lowest BCUT2D eigenvalue weighted by atomic mass is 10.2. The third-order valence-electron chi connectivity index (χ3n) is 2.58. The molecule has 0 bridgehead atoms. The number of nitrogens with one attached hydrogen (secondary N) is 1. The van der Waals surface area contributed by atoms with Crippen molar-refractivity contribution in [3.63, 3.8) is 0 Å². The van der Waals surface area contributed by atoms with Crippen molar-refractivity contribution < 1.29 is 27.9 Å². The molecule has 1 atom stereocenters. The van der Waals surface area contributed by atoms with Crippen molar-refractivity contribution in [3.05, 3.63) is 18.5 Å². The highest BCUT2D eigenvalue weighted by atomic mass is 32.2. The van der Waals surface area contributed by atoms with Gasteiger partial charge in [-0.05, 0) is 12.5 Å². The van der Waals surface area contributed by atoms with Gasteiger partial charge in [0.15, 0.2) is 0 Å². The van der Waals surface area contributed by atoms with E-state index in [2.05, 4.69) is 9.46 Å². The van der Waals surface area contributed by atoms with E-state index in [-0.39, 0.29) is 17.7 Å². The number of ether oxygens (including phenoxy) is 1. The maximum absolute atomic E-state index is 12.0. The fraction of sp³-hybridized carbons (Fsp3) is 0.455. The number of aromatic nitrogens is 1. The van der Waals surface area contributed by atoms with Gasteiger partial charge in [0.1, 0.15) is 6.04 Å². The van der Waals surface area contributed by atoms with Crippen LogP contribution in [0.4, 0.5) is 0 Å². The molecular weight excluding hydrogens is 288 g/mol. The van der Waals surface area contributed by atoms with E-state index in [9.17, 15) is 18.0 Å². The first-order valence-electron chi connectivity index (χ1n) is 5.70. The topological polar surface area (TPSA) is 115 Å². The summed E-state index contributed by atoms with van der Waals surface area (Å²) < 4.78 is 31.9. The molecule has 9 heteroatoms. The molecule has 1 aromatic rings. The van der Waals surface area contributed by atoms with Gasteiger partial charge in [-0.15, -0.1) is 0 Å². The second-order valence-corrected chi connectivity index (χ2v) is 5.85. The Balaban J connectivity index is 2.80. The Hall–Kier alpha value is -1.87. The first kappa shape index (κ1) is 16.2. The lowest BCUT2D eigenvalue weighted by Crippen LogP contribution is -2.41. The maximum atomic E-state index is 12.0. The summed E-state index contributed by atoms with van der Waals surface area (Å²) in [6.07, 6.45) is 2.50. The number of nitrogens with zero attached hydrogens (tertiary/aromatic N) is 1. The summed E-state index contributed by atoms with van der Waals surface area (Å²) in [5.41, 5.74) is 0. The van der Waals surface area contributed by atoms with Crippen molar-refractivity contribution in [2.24, 2.45) is 7.05 Å². The third kappa shape index (κ3) is 4.35. The Kier molecular flexibility index (Phi) is 5.28. The Morgan fingerprint density at radius 2 is 2.15 bits per heavy atom. The molecular formula is C11H16N2O6S. The average molecular weight is 304 g/mol. The van der Waals surface area contributed by atoms with E-state index in [1.54, 1.807) is 7.05 Å². The van der Waals surface area contributed by atoms with Crippen LogP contribution in [-0.2, 0) is 31.4 Å². The van der Waals surface area contributed by atoms with Crippen LogP contribution in [0.15, 0.2) is 23.4 Å². The van der Waals surface area contributed by atoms with Crippen LogP contribution < -0.4 is 4.72 Å². The molecule has 1 heterocycles. The molecule has 1 rings (SSSR count). The summed E-state index contributed by atoms with van der Waals surface area (Å²) >= 11 is 0. The van der Waals surface area contributed by atoms with Crippen LogP contribution in [0.5, 0.6) is 0 Å². The van der Waals surface area contributed by atoms with Gasteiger partial charge in [0.05, 0.1) is 12.0 Å². The van der Waals surface area contributed by atoms with E-state index in [1.807, 2.05) is 0 Å². The monoisotopic (exact) mass is 304 g/mol. The lowest BCUT2D eigenvalue weighted by Gasteiger charge is -2.13. The van der Waals surface area contributed by atoms with Gasteiger partial charge in [-0.1, -0.05) is 0 Å². The minimum atomic E-state index is -3.94. The molecule has 0 aliphatic rings. The molecule has 8 nitrogen and oxygen atoms in total. The molecule has 0 aliphatic heterocycles. The number of carboxylic acid groups (broad SMARTS) is 1. The van der Waals surface area contributed by atoms with Crippen LogP contribution >= 0.6 is 0 Å². The van der Waals surface area contributed by atoms with E-state index < -0.39 is 28.0 Å². The minimum absolute atomic E-state index is 0.0377. The smallest absolute Gasteiger partial charge is 0.321 e. The molecule has 0 saturated carbocycles. The molecule has 20 heavy (non-hydrogen) atoms. The number of aryl methyl sites for hydroxylation is 1. The molecule has 0 radical (unpaired) electrons. The highest BCUT2D eigenvalue weighted by Gasteiger charge is 2.26. The van der Waals surface area contributed by atoms with Crippen molar-refractivity contribution in [1.29, 1.82) is 0 Å². The van der Waals surface area contributed by atoms with Gasteiger partial charge in [0, 0.05) is 25.9 Å². The Labute approximate surface area is 116 Å². The lowest BCUT2D eigenvalue weighted by molar-refractivity contribution is -0.142. The predicted octanol–water partition coefficient (Wildman–Crippen LogP) is -0.290. The van der Waals surface area contributed by atoms with Gasteiger partial charge >= 0.3 is 11.9 Å². The number of aliphatic carboxylic acids is 1. The summed E-state index contributed by atoms with van der Waals surface area (Å²) in [6.45, 7) is 0. The van der Waals surface area contributed by atoms with E-state index in [1.165, 1.54) is 30.1 Å². The summed E-state index contributed by atoms with van der Waals surface area (Å²) in [6, 6.07) is -0.0408. The fourth-order valence-electron chi connectivity index (χ4n) is 1.49. The maximum Gasteiger partial charge on any atom is 0.321 e. The van der Waals surface area contributed by atoms with Gasteiger partial charge in [0.25, 0.3) is 0 Å². The van der Waals surface area contributed by atoms with Crippen LogP contribution in [0.1, 0.15) is 12.8 Å².